The smallest absolute Gasteiger partial charge is 0.273 e. The zero-order chi connectivity index (χ0) is 19.7. The fourth-order valence-electron chi connectivity index (χ4n) is 3.21. The number of thioether (sulfide) groups is 1. The lowest BCUT2D eigenvalue weighted by Gasteiger charge is -2.26. The van der Waals surface area contributed by atoms with E-state index >= 15 is 0 Å². The molecule has 0 radical (unpaired) electrons. The van der Waals surface area contributed by atoms with Gasteiger partial charge in [-0.2, -0.15) is 4.52 Å². The summed E-state index contributed by atoms with van der Waals surface area (Å²) in [6, 6.07) is 9.63. The number of aromatic amines is 1. The third-order valence-corrected chi connectivity index (χ3v) is 7.26. The van der Waals surface area contributed by atoms with E-state index in [2.05, 4.69) is 15.0 Å². The molecule has 28 heavy (non-hydrogen) atoms. The van der Waals surface area contributed by atoms with Gasteiger partial charge in [0.15, 0.2) is 5.65 Å². The number of aromatic nitrogens is 3. The van der Waals surface area contributed by atoms with E-state index in [9.17, 15) is 13.2 Å². The van der Waals surface area contributed by atoms with Crippen LogP contribution in [0.1, 0.15) is 5.69 Å². The van der Waals surface area contributed by atoms with E-state index in [-0.39, 0.29) is 21.0 Å². The second-order valence-electron chi connectivity index (χ2n) is 6.42. The van der Waals surface area contributed by atoms with Crippen molar-refractivity contribution in [2.24, 2.45) is 0 Å². The van der Waals surface area contributed by atoms with E-state index in [4.69, 9.17) is 4.74 Å². The number of rotatable bonds is 5. The van der Waals surface area contributed by atoms with E-state index in [0.717, 1.165) is 13.1 Å². The number of nitrogens with one attached hydrogen (secondary N) is 1. The van der Waals surface area contributed by atoms with Crippen LogP contribution in [0.15, 0.2) is 56.0 Å². The van der Waals surface area contributed by atoms with E-state index in [1.165, 1.54) is 22.3 Å². The second-order valence-corrected chi connectivity index (χ2v) is 9.13. The van der Waals surface area contributed by atoms with Gasteiger partial charge in [-0.1, -0.05) is 18.2 Å². The molecule has 0 amide bonds. The molecule has 1 aliphatic rings. The van der Waals surface area contributed by atoms with E-state index < -0.39 is 9.84 Å². The van der Waals surface area contributed by atoms with Gasteiger partial charge in [0, 0.05) is 25.7 Å². The first-order valence-corrected chi connectivity index (χ1v) is 11.5. The molecule has 2 aromatic heterocycles. The van der Waals surface area contributed by atoms with Crippen molar-refractivity contribution in [3.05, 3.63) is 52.4 Å². The average Bonchev–Trinajstić information content (AvgIpc) is 3.09. The Morgan fingerprint density at radius 1 is 1.21 bits per heavy atom. The highest BCUT2D eigenvalue weighted by Crippen LogP contribution is 2.31. The van der Waals surface area contributed by atoms with Gasteiger partial charge in [-0.15, -0.1) is 11.8 Å². The minimum absolute atomic E-state index is 0.0344. The first kappa shape index (κ1) is 19.2. The monoisotopic (exact) mass is 420 g/mol. The topological polar surface area (TPSA) is 96.8 Å². The summed E-state index contributed by atoms with van der Waals surface area (Å²) >= 11 is 1.23. The van der Waals surface area contributed by atoms with Crippen LogP contribution >= 0.6 is 11.8 Å². The van der Waals surface area contributed by atoms with Crippen molar-refractivity contribution in [2.75, 3.05) is 32.6 Å². The van der Waals surface area contributed by atoms with Gasteiger partial charge in [-0.05, 0) is 18.4 Å². The van der Waals surface area contributed by atoms with Crippen LogP contribution in [0.2, 0.25) is 0 Å². The summed E-state index contributed by atoms with van der Waals surface area (Å²) in [7, 11) is -3.84. The molecule has 1 N–H and O–H groups in total. The largest absolute Gasteiger partial charge is 0.379 e. The molecule has 10 heteroatoms. The Morgan fingerprint density at radius 2 is 1.93 bits per heavy atom. The maximum absolute atomic E-state index is 13.3. The summed E-state index contributed by atoms with van der Waals surface area (Å²) in [6.07, 6.45) is 1.76. The van der Waals surface area contributed by atoms with Gasteiger partial charge in [-0.25, -0.2) is 13.4 Å². The molecular formula is C18H20N4O4S2. The van der Waals surface area contributed by atoms with Crippen LogP contribution in [0.25, 0.3) is 5.65 Å². The molecule has 0 unspecified atom stereocenters. The fraction of sp³-hybridized carbons (Fsp3) is 0.333. The van der Waals surface area contributed by atoms with Crippen LogP contribution in [0.5, 0.6) is 0 Å². The Labute approximate surface area is 166 Å². The van der Waals surface area contributed by atoms with Gasteiger partial charge in [0.1, 0.15) is 9.92 Å². The minimum Gasteiger partial charge on any atom is -0.379 e. The van der Waals surface area contributed by atoms with Crippen molar-refractivity contribution in [1.29, 1.82) is 0 Å². The van der Waals surface area contributed by atoms with Gasteiger partial charge in [0.05, 0.1) is 23.8 Å². The molecule has 0 atom stereocenters. The molecule has 4 rings (SSSR count). The number of hydrogen-bond donors (Lipinski definition) is 1. The highest BCUT2D eigenvalue weighted by Gasteiger charge is 2.28. The Bertz CT molecular complexity index is 1150. The quantitative estimate of drug-likeness (QED) is 0.624. The molecule has 1 fully saturated rings. The van der Waals surface area contributed by atoms with Crippen molar-refractivity contribution in [2.45, 2.75) is 21.4 Å². The zero-order valence-corrected chi connectivity index (χ0v) is 16.9. The highest BCUT2D eigenvalue weighted by atomic mass is 32.2. The van der Waals surface area contributed by atoms with Crippen LogP contribution in [-0.2, 0) is 21.1 Å². The van der Waals surface area contributed by atoms with E-state index in [1.54, 1.807) is 36.6 Å². The summed E-state index contributed by atoms with van der Waals surface area (Å²) < 4.78 is 33.1. The number of nitrogens with zero attached hydrogens (tertiary/aromatic N) is 3. The predicted molar refractivity (Wildman–Crippen MR) is 106 cm³/mol. The van der Waals surface area contributed by atoms with Crippen molar-refractivity contribution < 1.29 is 13.2 Å². The number of H-pyrrole nitrogens is 1. The Balaban J connectivity index is 1.86. The molecule has 3 aromatic rings. The molecular weight excluding hydrogens is 400 g/mol. The molecule has 8 nitrogen and oxygen atoms in total. The highest BCUT2D eigenvalue weighted by molar-refractivity contribution is 7.99. The minimum atomic E-state index is -3.84. The summed E-state index contributed by atoms with van der Waals surface area (Å²) in [4.78, 5) is 19.5. The first-order chi connectivity index (χ1) is 13.5. The lowest BCUT2D eigenvalue weighted by Crippen LogP contribution is -2.36. The lowest BCUT2D eigenvalue weighted by molar-refractivity contribution is 0.0336. The first-order valence-electron chi connectivity index (χ1n) is 8.79. The molecule has 1 aromatic carbocycles. The number of fused-ring (bicyclic) bond motifs is 1. The average molecular weight is 421 g/mol. The van der Waals surface area contributed by atoms with Crippen molar-refractivity contribution in [3.8, 4) is 0 Å². The summed E-state index contributed by atoms with van der Waals surface area (Å²) in [5, 5.41) is 3.27. The summed E-state index contributed by atoms with van der Waals surface area (Å²) in [5.41, 5.74) is 0.338. The number of hydrogen-bond acceptors (Lipinski definition) is 7. The Kier molecular flexibility index (Phi) is 5.28. The molecule has 0 aliphatic carbocycles. The summed E-state index contributed by atoms with van der Waals surface area (Å²) in [5.74, 6) is 0. The Morgan fingerprint density at radius 3 is 2.61 bits per heavy atom. The lowest BCUT2D eigenvalue weighted by atomic mass is 10.3. The number of sulfone groups is 1. The molecule has 0 spiro atoms. The van der Waals surface area contributed by atoms with E-state index in [1.807, 2.05) is 0 Å². The Hall–Kier alpha value is -2.14. The number of ether oxygens (including phenoxy) is 1. The normalized spacial score (nSPS) is 15.9. The molecule has 1 aliphatic heterocycles. The molecule has 1 saturated heterocycles. The van der Waals surface area contributed by atoms with Gasteiger partial charge in [0.25, 0.3) is 5.56 Å². The predicted octanol–water partition coefficient (Wildman–Crippen LogP) is 1.41. The maximum atomic E-state index is 13.3. The van der Waals surface area contributed by atoms with Crippen LogP contribution in [0.3, 0.4) is 0 Å². The van der Waals surface area contributed by atoms with Gasteiger partial charge in [0.2, 0.25) is 9.84 Å². The third-order valence-electron chi connectivity index (χ3n) is 4.61. The van der Waals surface area contributed by atoms with Crippen LogP contribution < -0.4 is 5.56 Å². The van der Waals surface area contributed by atoms with E-state index in [0.29, 0.717) is 30.5 Å². The maximum Gasteiger partial charge on any atom is 0.273 e. The van der Waals surface area contributed by atoms with Crippen molar-refractivity contribution >= 4 is 27.2 Å². The fourth-order valence-corrected chi connectivity index (χ4v) is 5.67. The van der Waals surface area contributed by atoms with Crippen molar-refractivity contribution in [3.63, 3.8) is 0 Å². The standard InChI is InChI=1S/C18H20N4O4S2/c1-27-18-16(28(24,25)14-5-3-2-4-6-14)17-19-13(11-15(23)22(17)20-18)12-21-7-9-26-10-8-21/h2-6,11,20H,7-10,12H2,1H3. The third kappa shape index (κ3) is 3.48. The molecule has 3 heterocycles. The molecule has 0 saturated carbocycles. The van der Waals surface area contributed by atoms with Gasteiger partial charge < -0.3 is 4.74 Å². The zero-order valence-electron chi connectivity index (χ0n) is 15.3. The van der Waals surface area contributed by atoms with Crippen LogP contribution in [0.4, 0.5) is 0 Å². The second kappa shape index (κ2) is 7.70. The number of benzene rings is 1. The molecule has 0 bridgehead atoms. The number of morpholine rings is 1. The van der Waals surface area contributed by atoms with Crippen LogP contribution in [-0.4, -0.2) is 60.5 Å². The molecule has 148 valence electrons. The van der Waals surface area contributed by atoms with Gasteiger partial charge >= 0.3 is 0 Å². The van der Waals surface area contributed by atoms with Gasteiger partial charge in [-0.3, -0.25) is 14.8 Å². The summed E-state index contributed by atoms with van der Waals surface area (Å²) in [6.45, 7) is 3.24. The van der Waals surface area contributed by atoms with Crippen molar-refractivity contribution in [1.82, 2.24) is 19.5 Å². The van der Waals surface area contributed by atoms with Crippen LogP contribution in [0, 0.1) is 0 Å². The SMILES string of the molecule is CSc1[nH]n2c(=O)cc(CN3CCOCC3)nc2c1S(=O)(=O)c1ccccc1.